The van der Waals surface area contributed by atoms with Crippen LogP contribution in [0.1, 0.15) is 29.6 Å². The van der Waals surface area contributed by atoms with E-state index in [1.165, 1.54) is 0 Å². The van der Waals surface area contributed by atoms with Crippen LogP contribution in [0.25, 0.3) is 0 Å². The third kappa shape index (κ3) is 3.19. The topological polar surface area (TPSA) is 38.3 Å². The zero-order valence-electron chi connectivity index (χ0n) is 9.78. The van der Waals surface area contributed by atoms with E-state index < -0.39 is 0 Å². The molecule has 0 radical (unpaired) electrons. The van der Waals surface area contributed by atoms with Crippen molar-refractivity contribution in [3.8, 4) is 0 Å². The Balaban J connectivity index is 1.96. The second kappa shape index (κ2) is 5.82. The molecule has 0 heterocycles. The van der Waals surface area contributed by atoms with E-state index in [1.54, 1.807) is 7.11 Å². The van der Waals surface area contributed by atoms with Gasteiger partial charge in [0, 0.05) is 16.7 Å². The third-order valence-corrected chi connectivity index (χ3v) is 4.11. The van der Waals surface area contributed by atoms with E-state index in [2.05, 4.69) is 27.9 Å². The smallest absolute Gasteiger partial charge is 0.252 e. The molecule has 1 aromatic carbocycles. The van der Waals surface area contributed by atoms with Crippen molar-refractivity contribution >= 4 is 28.5 Å². The van der Waals surface area contributed by atoms with Crippen LogP contribution in [0.4, 0.5) is 0 Å². The van der Waals surface area contributed by atoms with Crippen LogP contribution in [0.5, 0.6) is 0 Å². The normalized spacial score (nSPS) is 23.6. The van der Waals surface area contributed by atoms with Gasteiger partial charge < -0.3 is 10.1 Å². The molecule has 3 nitrogen and oxygen atoms in total. The molecule has 1 amide bonds. The minimum atomic E-state index is 0.0248. The van der Waals surface area contributed by atoms with E-state index in [4.69, 9.17) is 4.74 Å². The minimum Gasteiger partial charge on any atom is -0.381 e. The molecule has 0 bridgehead atoms. The molecule has 2 unspecified atom stereocenters. The number of carbonyl (C=O) groups excluding carboxylic acids is 1. The fraction of sp³-hybridized carbons (Fsp3) is 0.462. The van der Waals surface area contributed by atoms with E-state index in [0.29, 0.717) is 6.10 Å². The molecule has 0 aromatic heterocycles. The van der Waals surface area contributed by atoms with Gasteiger partial charge in [-0.25, -0.2) is 0 Å². The molecule has 1 saturated carbocycles. The van der Waals surface area contributed by atoms with Gasteiger partial charge in [0.15, 0.2) is 0 Å². The number of amides is 1. The standard InChI is InChI=1S/C13H16INO2/c1-17-10-7-6-9(8-10)15-13(16)11-4-2-3-5-12(11)14/h2-5,9-10H,6-8H2,1H3,(H,15,16). The highest BCUT2D eigenvalue weighted by Crippen LogP contribution is 2.22. The van der Waals surface area contributed by atoms with Gasteiger partial charge in [0.25, 0.3) is 5.91 Å². The summed E-state index contributed by atoms with van der Waals surface area (Å²) in [6.45, 7) is 0. The molecule has 0 saturated heterocycles. The Morgan fingerprint density at radius 2 is 2.18 bits per heavy atom. The Kier molecular flexibility index (Phi) is 4.39. The lowest BCUT2D eigenvalue weighted by Crippen LogP contribution is -2.33. The number of nitrogens with one attached hydrogen (secondary N) is 1. The molecule has 2 rings (SSSR count). The lowest BCUT2D eigenvalue weighted by atomic mass is 10.2. The number of methoxy groups -OCH3 is 1. The third-order valence-electron chi connectivity index (χ3n) is 3.17. The average Bonchev–Trinajstić information content (AvgIpc) is 2.77. The zero-order valence-corrected chi connectivity index (χ0v) is 11.9. The molecule has 1 aliphatic carbocycles. The van der Waals surface area contributed by atoms with Gasteiger partial charge in [-0.15, -0.1) is 0 Å². The highest BCUT2D eigenvalue weighted by molar-refractivity contribution is 14.1. The second-order valence-corrected chi connectivity index (χ2v) is 5.48. The number of benzene rings is 1. The molecule has 0 aliphatic heterocycles. The predicted octanol–water partition coefficient (Wildman–Crippen LogP) is 2.59. The van der Waals surface area contributed by atoms with Gasteiger partial charge in [0.2, 0.25) is 0 Å². The summed E-state index contributed by atoms with van der Waals surface area (Å²) in [5, 5.41) is 3.08. The fourth-order valence-electron chi connectivity index (χ4n) is 2.19. The minimum absolute atomic E-state index is 0.0248. The first-order valence-electron chi connectivity index (χ1n) is 5.79. The van der Waals surface area contributed by atoms with Crippen LogP contribution in [-0.2, 0) is 4.74 Å². The largest absolute Gasteiger partial charge is 0.381 e. The molecule has 17 heavy (non-hydrogen) atoms. The lowest BCUT2D eigenvalue weighted by Gasteiger charge is -2.13. The Morgan fingerprint density at radius 3 is 2.82 bits per heavy atom. The zero-order chi connectivity index (χ0) is 12.3. The van der Waals surface area contributed by atoms with Crippen LogP contribution in [0.2, 0.25) is 0 Å². The predicted molar refractivity (Wildman–Crippen MR) is 75.1 cm³/mol. The quantitative estimate of drug-likeness (QED) is 0.856. The number of carbonyl (C=O) groups is 1. The highest BCUT2D eigenvalue weighted by atomic mass is 127. The van der Waals surface area contributed by atoms with Crippen LogP contribution >= 0.6 is 22.6 Å². The van der Waals surface area contributed by atoms with Crippen molar-refractivity contribution in [1.29, 1.82) is 0 Å². The molecule has 92 valence electrons. The molecule has 1 aromatic rings. The molecular formula is C13H16INO2. The summed E-state index contributed by atoms with van der Waals surface area (Å²) in [7, 11) is 1.73. The summed E-state index contributed by atoms with van der Waals surface area (Å²) in [6.07, 6.45) is 3.27. The molecule has 1 fully saturated rings. The Labute approximate surface area is 115 Å². The molecule has 1 aliphatic rings. The summed E-state index contributed by atoms with van der Waals surface area (Å²) in [5.74, 6) is 0.0248. The van der Waals surface area contributed by atoms with Crippen LogP contribution in [0.3, 0.4) is 0 Å². The maximum absolute atomic E-state index is 12.1. The number of hydrogen-bond acceptors (Lipinski definition) is 2. The summed E-state index contributed by atoms with van der Waals surface area (Å²) < 4.78 is 6.29. The van der Waals surface area contributed by atoms with Gasteiger partial charge in [0.05, 0.1) is 11.7 Å². The van der Waals surface area contributed by atoms with Crippen LogP contribution in [0.15, 0.2) is 24.3 Å². The molecule has 2 atom stereocenters. The number of ether oxygens (including phenoxy) is 1. The van der Waals surface area contributed by atoms with Gasteiger partial charge >= 0.3 is 0 Å². The highest BCUT2D eigenvalue weighted by Gasteiger charge is 2.26. The van der Waals surface area contributed by atoms with Crippen molar-refractivity contribution in [2.24, 2.45) is 0 Å². The van der Waals surface area contributed by atoms with Crippen molar-refractivity contribution in [2.75, 3.05) is 7.11 Å². The Bertz CT molecular complexity index is 408. The van der Waals surface area contributed by atoms with E-state index in [1.807, 2.05) is 24.3 Å². The van der Waals surface area contributed by atoms with E-state index >= 15 is 0 Å². The molecule has 0 spiro atoms. The van der Waals surface area contributed by atoms with Crippen molar-refractivity contribution in [3.05, 3.63) is 33.4 Å². The van der Waals surface area contributed by atoms with Crippen molar-refractivity contribution in [2.45, 2.75) is 31.4 Å². The Morgan fingerprint density at radius 1 is 1.41 bits per heavy atom. The summed E-state index contributed by atoms with van der Waals surface area (Å²) in [5.41, 5.74) is 0.758. The summed E-state index contributed by atoms with van der Waals surface area (Å²) in [4.78, 5) is 12.1. The fourth-order valence-corrected chi connectivity index (χ4v) is 2.83. The average molecular weight is 345 g/mol. The van der Waals surface area contributed by atoms with Gasteiger partial charge in [0.1, 0.15) is 0 Å². The summed E-state index contributed by atoms with van der Waals surface area (Å²) >= 11 is 2.19. The summed E-state index contributed by atoms with van der Waals surface area (Å²) in [6, 6.07) is 7.89. The Hall–Kier alpha value is -0.620. The maximum Gasteiger partial charge on any atom is 0.252 e. The first-order valence-corrected chi connectivity index (χ1v) is 6.86. The monoisotopic (exact) mass is 345 g/mol. The maximum atomic E-state index is 12.1. The SMILES string of the molecule is COC1CCC(NC(=O)c2ccccc2I)C1. The van der Waals surface area contributed by atoms with Crippen molar-refractivity contribution < 1.29 is 9.53 Å². The van der Waals surface area contributed by atoms with Crippen LogP contribution in [-0.4, -0.2) is 25.2 Å². The van der Waals surface area contributed by atoms with E-state index in [9.17, 15) is 4.79 Å². The van der Waals surface area contributed by atoms with Crippen molar-refractivity contribution in [3.63, 3.8) is 0 Å². The first kappa shape index (κ1) is 12.8. The first-order chi connectivity index (χ1) is 8.20. The van der Waals surface area contributed by atoms with Crippen molar-refractivity contribution in [1.82, 2.24) is 5.32 Å². The lowest BCUT2D eigenvalue weighted by molar-refractivity contribution is 0.0914. The molecule has 4 heteroatoms. The van der Waals surface area contributed by atoms with Crippen LogP contribution < -0.4 is 5.32 Å². The van der Waals surface area contributed by atoms with E-state index in [0.717, 1.165) is 28.4 Å². The van der Waals surface area contributed by atoms with Gasteiger partial charge in [-0.05, 0) is 54.0 Å². The van der Waals surface area contributed by atoms with Crippen LogP contribution in [0, 0.1) is 3.57 Å². The van der Waals surface area contributed by atoms with Gasteiger partial charge in [-0.1, -0.05) is 12.1 Å². The van der Waals surface area contributed by atoms with Gasteiger partial charge in [-0.2, -0.15) is 0 Å². The number of halogens is 1. The molecular weight excluding hydrogens is 329 g/mol. The second-order valence-electron chi connectivity index (χ2n) is 4.32. The van der Waals surface area contributed by atoms with E-state index in [-0.39, 0.29) is 11.9 Å². The number of hydrogen-bond donors (Lipinski definition) is 1. The van der Waals surface area contributed by atoms with Gasteiger partial charge in [-0.3, -0.25) is 4.79 Å². The number of rotatable bonds is 3. The molecule has 1 N–H and O–H groups in total.